The lowest BCUT2D eigenvalue weighted by atomic mass is 10.0. The minimum atomic E-state index is 0.311. The molecule has 3 aromatic rings. The lowest BCUT2D eigenvalue weighted by molar-refractivity contribution is 0.428. The number of rotatable bonds is 3. The number of nitrogens with zero attached hydrogens (tertiary/aromatic N) is 5. The Hall–Kier alpha value is -2.22. The van der Waals surface area contributed by atoms with E-state index in [1.54, 1.807) is 10.9 Å². The summed E-state index contributed by atoms with van der Waals surface area (Å²) in [5, 5.41) is 8.30. The second-order valence-electron chi connectivity index (χ2n) is 5.24. The van der Waals surface area contributed by atoms with Crippen LogP contribution >= 0.6 is 15.9 Å². The van der Waals surface area contributed by atoms with Gasteiger partial charge in [-0.15, -0.1) is 0 Å². The molecule has 0 saturated carbocycles. The SMILES string of the molecule is CC(C)c1cnn(C)c1-c1nc(-c2cnc(N)c(Br)c2)no1. The van der Waals surface area contributed by atoms with Gasteiger partial charge in [-0.3, -0.25) is 4.68 Å². The number of aryl methyl sites for hydroxylation is 1. The summed E-state index contributed by atoms with van der Waals surface area (Å²) in [6.07, 6.45) is 3.44. The van der Waals surface area contributed by atoms with Gasteiger partial charge in [-0.2, -0.15) is 10.1 Å². The molecule has 22 heavy (non-hydrogen) atoms. The van der Waals surface area contributed by atoms with E-state index in [1.165, 1.54) is 0 Å². The smallest absolute Gasteiger partial charge is 0.276 e. The molecule has 0 aliphatic carbocycles. The Morgan fingerprint density at radius 3 is 2.77 bits per heavy atom. The van der Waals surface area contributed by atoms with Gasteiger partial charge in [-0.1, -0.05) is 19.0 Å². The van der Waals surface area contributed by atoms with Crippen molar-refractivity contribution in [2.75, 3.05) is 5.73 Å². The van der Waals surface area contributed by atoms with Gasteiger partial charge < -0.3 is 10.3 Å². The van der Waals surface area contributed by atoms with Gasteiger partial charge in [0.2, 0.25) is 5.82 Å². The fourth-order valence-electron chi connectivity index (χ4n) is 2.15. The van der Waals surface area contributed by atoms with Gasteiger partial charge in [-0.05, 0) is 27.9 Å². The van der Waals surface area contributed by atoms with Crippen LogP contribution in [-0.2, 0) is 7.05 Å². The first-order valence-electron chi connectivity index (χ1n) is 6.74. The molecule has 114 valence electrons. The summed E-state index contributed by atoms with van der Waals surface area (Å²) in [5.41, 5.74) is 8.31. The van der Waals surface area contributed by atoms with Gasteiger partial charge in [0, 0.05) is 24.4 Å². The third-order valence-corrected chi connectivity index (χ3v) is 3.98. The van der Waals surface area contributed by atoms with Crippen molar-refractivity contribution < 1.29 is 4.52 Å². The van der Waals surface area contributed by atoms with Crippen molar-refractivity contribution in [3.63, 3.8) is 0 Å². The van der Waals surface area contributed by atoms with Crippen molar-refractivity contribution in [2.45, 2.75) is 19.8 Å². The average Bonchev–Trinajstić information content (AvgIpc) is 3.08. The van der Waals surface area contributed by atoms with Crippen LogP contribution in [0.1, 0.15) is 25.3 Å². The summed E-state index contributed by atoms with van der Waals surface area (Å²) in [6, 6.07) is 1.81. The molecule has 0 unspecified atom stereocenters. The summed E-state index contributed by atoms with van der Waals surface area (Å²) >= 11 is 3.34. The Morgan fingerprint density at radius 1 is 1.32 bits per heavy atom. The molecule has 0 atom stereocenters. The predicted octanol–water partition coefficient (Wildman–Crippen LogP) is 3.00. The molecule has 0 saturated heterocycles. The molecule has 0 aliphatic rings. The van der Waals surface area contributed by atoms with E-state index in [0.29, 0.717) is 27.9 Å². The van der Waals surface area contributed by atoms with E-state index >= 15 is 0 Å². The molecule has 0 fully saturated rings. The van der Waals surface area contributed by atoms with E-state index in [1.807, 2.05) is 19.3 Å². The first-order valence-corrected chi connectivity index (χ1v) is 7.54. The minimum Gasteiger partial charge on any atom is -0.383 e. The molecule has 0 aliphatic heterocycles. The van der Waals surface area contributed by atoms with E-state index in [2.05, 4.69) is 50.0 Å². The Labute approximate surface area is 135 Å². The summed E-state index contributed by atoms with van der Waals surface area (Å²) in [5.74, 6) is 1.62. The molecule has 3 rings (SSSR count). The second-order valence-corrected chi connectivity index (χ2v) is 6.10. The number of hydrogen-bond donors (Lipinski definition) is 1. The average molecular weight is 363 g/mol. The quantitative estimate of drug-likeness (QED) is 0.769. The second kappa shape index (κ2) is 5.53. The number of hydrogen-bond acceptors (Lipinski definition) is 6. The van der Waals surface area contributed by atoms with Crippen LogP contribution in [0.15, 0.2) is 27.5 Å². The number of anilines is 1. The number of halogens is 1. The number of pyridine rings is 1. The highest BCUT2D eigenvalue weighted by atomic mass is 79.9. The first-order chi connectivity index (χ1) is 10.5. The Balaban J connectivity index is 2.04. The van der Waals surface area contributed by atoms with Crippen molar-refractivity contribution >= 4 is 21.7 Å². The van der Waals surface area contributed by atoms with Gasteiger partial charge in [-0.25, -0.2) is 4.98 Å². The molecule has 7 nitrogen and oxygen atoms in total. The lowest BCUT2D eigenvalue weighted by Gasteiger charge is -2.04. The molecule has 0 bridgehead atoms. The van der Waals surface area contributed by atoms with Gasteiger partial charge in [0.05, 0.1) is 10.7 Å². The number of nitrogen functional groups attached to an aromatic ring is 1. The number of aromatic nitrogens is 5. The zero-order valence-electron chi connectivity index (χ0n) is 12.4. The molecule has 0 amide bonds. The maximum absolute atomic E-state index is 5.69. The van der Waals surface area contributed by atoms with E-state index in [-0.39, 0.29) is 0 Å². The van der Waals surface area contributed by atoms with Crippen molar-refractivity contribution in [1.82, 2.24) is 24.9 Å². The van der Waals surface area contributed by atoms with Crippen molar-refractivity contribution in [3.05, 3.63) is 28.5 Å². The van der Waals surface area contributed by atoms with Crippen LogP contribution < -0.4 is 5.73 Å². The zero-order chi connectivity index (χ0) is 15.9. The van der Waals surface area contributed by atoms with E-state index < -0.39 is 0 Å². The zero-order valence-corrected chi connectivity index (χ0v) is 14.0. The van der Waals surface area contributed by atoms with Crippen molar-refractivity contribution in [3.8, 4) is 23.0 Å². The van der Waals surface area contributed by atoms with Crippen LogP contribution in [0, 0.1) is 0 Å². The third kappa shape index (κ3) is 2.50. The number of nitrogens with two attached hydrogens (primary N) is 1. The van der Waals surface area contributed by atoms with Crippen molar-refractivity contribution in [2.24, 2.45) is 7.05 Å². The van der Waals surface area contributed by atoms with Crippen LogP contribution in [0.2, 0.25) is 0 Å². The fraction of sp³-hybridized carbons (Fsp3) is 0.286. The van der Waals surface area contributed by atoms with Crippen LogP contribution in [0.25, 0.3) is 23.0 Å². The van der Waals surface area contributed by atoms with E-state index in [0.717, 1.165) is 16.8 Å². The Bertz CT molecular complexity index is 823. The lowest BCUT2D eigenvalue weighted by Crippen LogP contribution is -1.97. The van der Waals surface area contributed by atoms with Gasteiger partial charge >= 0.3 is 0 Å². The highest BCUT2D eigenvalue weighted by Gasteiger charge is 2.20. The van der Waals surface area contributed by atoms with E-state index in [4.69, 9.17) is 10.3 Å². The van der Waals surface area contributed by atoms with Gasteiger partial charge in [0.1, 0.15) is 11.5 Å². The normalized spacial score (nSPS) is 11.3. The molecule has 0 radical (unpaired) electrons. The maximum Gasteiger partial charge on any atom is 0.276 e. The fourth-order valence-corrected chi connectivity index (χ4v) is 2.50. The standard InChI is InChI=1S/C14H15BrN6O/c1-7(2)9-6-18-21(3)11(9)14-19-13(20-22-14)8-4-10(15)12(16)17-5-8/h4-7H,1-3H3,(H2,16,17). The van der Waals surface area contributed by atoms with Crippen LogP contribution in [0.3, 0.4) is 0 Å². The van der Waals surface area contributed by atoms with Crippen LogP contribution in [0.4, 0.5) is 5.82 Å². The predicted molar refractivity (Wildman–Crippen MR) is 85.9 cm³/mol. The summed E-state index contributed by atoms with van der Waals surface area (Å²) in [4.78, 5) is 8.54. The summed E-state index contributed by atoms with van der Waals surface area (Å²) in [7, 11) is 1.85. The van der Waals surface area contributed by atoms with Crippen LogP contribution in [0.5, 0.6) is 0 Å². The monoisotopic (exact) mass is 362 g/mol. The molecular weight excluding hydrogens is 348 g/mol. The summed E-state index contributed by atoms with van der Waals surface area (Å²) in [6.45, 7) is 4.19. The minimum absolute atomic E-state index is 0.311. The third-order valence-electron chi connectivity index (χ3n) is 3.35. The first kappa shape index (κ1) is 14.7. The molecular formula is C14H15BrN6O. The molecule has 0 aromatic carbocycles. The van der Waals surface area contributed by atoms with Crippen LogP contribution in [-0.4, -0.2) is 24.9 Å². The maximum atomic E-state index is 5.69. The summed E-state index contributed by atoms with van der Waals surface area (Å²) < 4.78 is 7.84. The van der Waals surface area contributed by atoms with E-state index in [9.17, 15) is 0 Å². The molecule has 8 heteroatoms. The largest absolute Gasteiger partial charge is 0.383 e. The van der Waals surface area contributed by atoms with Crippen molar-refractivity contribution in [1.29, 1.82) is 0 Å². The molecule has 2 N–H and O–H groups in total. The Morgan fingerprint density at radius 2 is 2.09 bits per heavy atom. The highest BCUT2D eigenvalue weighted by molar-refractivity contribution is 9.10. The highest BCUT2D eigenvalue weighted by Crippen LogP contribution is 2.30. The van der Waals surface area contributed by atoms with Gasteiger partial charge in [0.15, 0.2) is 0 Å². The molecule has 3 aromatic heterocycles. The molecule has 0 spiro atoms. The topological polar surface area (TPSA) is 95.7 Å². The Kier molecular flexibility index (Phi) is 3.69. The van der Waals surface area contributed by atoms with Gasteiger partial charge in [0.25, 0.3) is 5.89 Å². The molecule has 3 heterocycles.